The van der Waals surface area contributed by atoms with Gasteiger partial charge in [-0.25, -0.2) is 4.39 Å². The van der Waals surface area contributed by atoms with Gasteiger partial charge < -0.3 is 15.4 Å². The van der Waals surface area contributed by atoms with Crippen LogP contribution in [0.25, 0.3) is 0 Å². The van der Waals surface area contributed by atoms with E-state index in [0.717, 1.165) is 6.07 Å². The third kappa shape index (κ3) is 7.58. The number of nitrogens with one attached hydrogen (secondary N) is 2. The minimum atomic E-state index is -4.41. The normalized spacial score (nSPS) is 11.1. The SMILES string of the molecule is O=C(CNC(=O)c1cccc(F)c1)NCCOCC(F)(F)F. The molecular weight excluding hydrogens is 308 g/mol. The summed E-state index contributed by atoms with van der Waals surface area (Å²) in [7, 11) is 0. The van der Waals surface area contributed by atoms with E-state index in [9.17, 15) is 27.2 Å². The summed E-state index contributed by atoms with van der Waals surface area (Å²) >= 11 is 0. The van der Waals surface area contributed by atoms with Crippen LogP contribution in [0.2, 0.25) is 0 Å². The highest BCUT2D eigenvalue weighted by Gasteiger charge is 2.27. The van der Waals surface area contributed by atoms with Crippen molar-refractivity contribution in [2.24, 2.45) is 0 Å². The number of carbonyl (C=O) groups is 2. The maximum atomic E-state index is 12.9. The number of ether oxygens (including phenoxy) is 1. The Labute approximate surface area is 123 Å². The number of carbonyl (C=O) groups excluding carboxylic acids is 2. The average molecular weight is 322 g/mol. The molecule has 0 spiro atoms. The maximum Gasteiger partial charge on any atom is 0.411 e. The van der Waals surface area contributed by atoms with E-state index in [2.05, 4.69) is 15.4 Å². The van der Waals surface area contributed by atoms with Crippen molar-refractivity contribution in [1.29, 1.82) is 0 Å². The van der Waals surface area contributed by atoms with Crippen molar-refractivity contribution >= 4 is 11.8 Å². The lowest BCUT2D eigenvalue weighted by atomic mass is 10.2. The molecule has 0 saturated heterocycles. The van der Waals surface area contributed by atoms with Gasteiger partial charge >= 0.3 is 6.18 Å². The Bertz CT molecular complexity index is 520. The molecule has 0 heterocycles. The molecule has 1 rings (SSSR count). The van der Waals surface area contributed by atoms with Gasteiger partial charge in [0.1, 0.15) is 12.4 Å². The number of hydrogen-bond donors (Lipinski definition) is 2. The van der Waals surface area contributed by atoms with E-state index < -0.39 is 30.4 Å². The fourth-order valence-electron chi connectivity index (χ4n) is 1.41. The molecule has 2 N–H and O–H groups in total. The molecule has 22 heavy (non-hydrogen) atoms. The van der Waals surface area contributed by atoms with Gasteiger partial charge in [0.05, 0.1) is 13.2 Å². The summed E-state index contributed by atoms with van der Waals surface area (Å²) in [6.45, 7) is -2.19. The number of rotatable bonds is 7. The van der Waals surface area contributed by atoms with Crippen molar-refractivity contribution < 1.29 is 31.9 Å². The molecule has 1 aromatic carbocycles. The van der Waals surface area contributed by atoms with Gasteiger partial charge in [-0.15, -0.1) is 0 Å². The molecule has 0 aliphatic rings. The Morgan fingerprint density at radius 2 is 1.91 bits per heavy atom. The molecule has 0 saturated carbocycles. The summed E-state index contributed by atoms with van der Waals surface area (Å²) in [5, 5.41) is 4.52. The zero-order valence-corrected chi connectivity index (χ0v) is 11.4. The molecule has 0 aliphatic carbocycles. The summed E-state index contributed by atoms with van der Waals surface area (Å²) in [6.07, 6.45) is -4.41. The number of halogens is 4. The molecule has 0 radical (unpaired) electrons. The molecule has 2 amide bonds. The fraction of sp³-hybridized carbons (Fsp3) is 0.385. The minimum absolute atomic E-state index is 0.0568. The van der Waals surface area contributed by atoms with Gasteiger partial charge in [0, 0.05) is 12.1 Å². The van der Waals surface area contributed by atoms with Crippen molar-refractivity contribution in [2.75, 3.05) is 26.3 Å². The van der Waals surface area contributed by atoms with Crippen LogP contribution in [0.15, 0.2) is 24.3 Å². The molecule has 122 valence electrons. The lowest BCUT2D eigenvalue weighted by molar-refractivity contribution is -0.173. The van der Waals surface area contributed by atoms with Gasteiger partial charge in [0.15, 0.2) is 0 Å². The monoisotopic (exact) mass is 322 g/mol. The molecule has 5 nitrogen and oxygen atoms in total. The van der Waals surface area contributed by atoms with Gasteiger partial charge in [-0.3, -0.25) is 9.59 Å². The van der Waals surface area contributed by atoms with Crippen molar-refractivity contribution in [1.82, 2.24) is 10.6 Å². The maximum absolute atomic E-state index is 12.9. The number of benzene rings is 1. The van der Waals surface area contributed by atoms with Crippen LogP contribution in [0.1, 0.15) is 10.4 Å². The van der Waals surface area contributed by atoms with Crippen LogP contribution < -0.4 is 10.6 Å². The van der Waals surface area contributed by atoms with Crippen molar-refractivity contribution in [3.05, 3.63) is 35.6 Å². The van der Waals surface area contributed by atoms with Gasteiger partial charge in [-0.05, 0) is 18.2 Å². The average Bonchev–Trinajstić information content (AvgIpc) is 2.43. The van der Waals surface area contributed by atoms with E-state index in [0.29, 0.717) is 0 Å². The number of amides is 2. The predicted octanol–water partition coefficient (Wildman–Crippen LogP) is 1.25. The topological polar surface area (TPSA) is 67.4 Å². The molecule has 0 bridgehead atoms. The first-order valence-electron chi connectivity index (χ1n) is 6.23. The zero-order chi connectivity index (χ0) is 16.6. The molecule has 0 atom stereocenters. The minimum Gasteiger partial charge on any atom is -0.370 e. The van der Waals surface area contributed by atoms with Crippen LogP contribution in [-0.2, 0) is 9.53 Å². The highest BCUT2D eigenvalue weighted by Crippen LogP contribution is 2.13. The Kier molecular flexibility index (Phi) is 6.77. The molecular formula is C13H14F4N2O3. The second-order valence-corrected chi connectivity index (χ2v) is 4.21. The van der Waals surface area contributed by atoms with Gasteiger partial charge in [-0.2, -0.15) is 13.2 Å². The van der Waals surface area contributed by atoms with Crippen LogP contribution in [-0.4, -0.2) is 44.3 Å². The summed E-state index contributed by atoms with van der Waals surface area (Å²) < 4.78 is 52.4. The Balaban J connectivity index is 2.19. The summed E-state index contributed by atoms with van der Waals surface area (Å²) in [6, 6.07) is 4.91. The second-order valence-electron chi connectivity index (χ2n) is 4.21. The van der Waals surface area contributed by atoms with Gasteiger partial charge in [0.25, 0.3) is 5.91 Å². The van der Waals surface area contributed by atoms with Crippen LogP contribution >= 0.6 is 0 Å². The second kappa shape index (κ2) is 8.32. The molecule has 0 aliphatic heterocycles. The Hall–Kier alpha value is -2.16. The largest absolute Gasteiger partial charge is 0.411 e. The highest BCUT2D eigenvalue weighted by atomic mass is 19.4. The Morgan fingerprint density at radius 1 is 1.18 bits per heavy atom. The molecule has 0 aromatic heterocycles. The number of hydrogen-bond acceptors (Lipinski definition) is 3. The van der Waals surface area contributed by atoms with Crippen LogP contribution in [0.5, 0.6) is 0 Å². The van der Waals surface area contributed by atoms with Gasteiger partial charge in [-0.1, -0.05) is 6.07 Å². The lowest BCUT2D eigenvalue weighted by Gasteiger charge is -2.09. The predicted molar refractivity (Wildman–Crippen MR) is 68.6 cm³/mol. The molecule has 0 unspecified atom stereocenters. The van der Waals surface area contributed by atoms with E-state index in [1.807, 2.05) is 0 Å². The Morgan fingerprint density at radius 3 is 2.55 bits per heavy atom. The van der Waals surface area contributed by atoms with E-state index in [1.165, 1.54) is 18.2 Å². The third-order valence-electron chi connectivity index (χ3n) is 2.33. The lowest BCUT2D eigenvalue weighted by Crippen LogP contribution is -2.38. The first kappa shape index (κ1) is 17.9. The van der Waals surface area contributed by atoms with E-state index >= 15 is 0 Å². The van der Waals surface area contributed by atoms with Crippen molar-refractivity contribution in [3.8, 4) is 0 Å². The third-order valence-corrected chi connectivity index (χ3v) is 2.33. The summed E-state index contributed by atoms with van der Waals surface area (Å²) in [4.78, 5) is 22.9. The van der Waals surface area contributed by atoms with E-state index in [-0.39, 0.29) is 25.3 Å². The van der Waals surface area contributed by atoms with E-state index in [1.54, 1.807) is 0 Å². The summed E-state index contributed by atoms with van der Waals surface area (Å²) in [5.74, 6) is -1.82. The van der Waals surface area contributed by atoms with Gasteiger partial charge in [0.2, 0.25) is 5.91 Å². The molecule has 0 fully saturated rings. The smallest absolute Gasteiger partial charge is 0.370 e. The quantitative estimate of drug-likeness (QED) is 0.586. The zero-order valence-electron chi connectivity index (χ0n) is 11.4. The van der Waals surface area contributed by atoms with Crippen molar-refractivity contribution in [2.45, 2.75) is 6.18 Å². The van der Waals surface area contributed by atoms with Crippen LogP contribution in [0.3, 0.4) is 0 Å². The fourth-order valence-corrected chi connectivity index (χ4v) is 1.41. The van der Waals surface area contributed by atoms with E-state index in [4.69, 9.17) is 0 Å². The molecule has 9 heteroatoms. The number of alkyl halides is 3. The molecule has 1 aromatic rings. The first-order valence-corrected chi connectivity index (χ1v) is 6.23. The highest BCUT2D eigenvalue weighted by molar-refractivity contribution is 5.96. The summed E-state index contributed by atoms with van der Waals surface area (Å²) in [5.41, 5.74) is 0.0568. The standard InChI is InChI=1S/C13H14F4N2O3/c14-10-3-1-2-9(6-10)12(21)19-7-11(20)18-4-5-22-8-13(15,16)17/h1-3,6H,4-5,7-8H2,(H,18,20)(H,19,21). The van der Waals surface area contributed by atoms with Crippen molar-refractivity contribution in [3.63, 3.8) is 0 Å². The first-order chi connectivity index (χ1) is 10.3. The van der Waals surface area contributed by atoms with Crippen LogP contribution in [0.4, 0.5) is 17.6 Å². The van der Waals surface area contributed by atoms with Crippen LogP contribution in [0, 0.1) is 5.82 Å².